The van der Waals surface area contributed by atoms with Gasteiger partial charge in [0.15, 0.2) is 0 Å². The Hall–Kier alpha value is -1.09. The van der Waals surface area contributed by atoms with E-state index in [9.17, 15) is 0 Å². The third kappa shape index (κ3) is 1.28. The van der Waals surface area contributed by atoms with Crippen molar-refractivity contribution in [2.24, 2.45) is 0 Å². The number of rotatable bonds is 2. The lowest BCUT2D eigenvalue weighted by Crippen LogP contribution is -2.34. The van der Waals surface area contributed by atoms with Crippen molar-refractivity contribution in [1.29, 1.82) is 0 Å². The van der Waals surface area contributed by atoms with Crippen molar-refractivity contribution in [2.45, 2.75) is 12.5 Å². The van der Waals surface area contributed by atoms with Crippen LogP contribution in [0.3, 0.4) is 0 Å². The summed E-state index contributed by atoms with van der Waals surface area (Å²) in [6.45, 7) is 1.11. The third-order valence-electron chi connectivity index (χ3n) is 2.20. The molecule has 1 aliphatic rings. The lowest BCUT2D eigenvalue weighted by Gasteiger charge is -2.27. The van der Waals surface area contributed by atoms with Crippen LogP contribution in [0, 0.1) is 0 Å². The van der Waals surface area contributed by atoms with E-state index in [0.29, 0.717) is 6.04 Å². The largest absolute Gasteiger partial charge is 0.495 e. The van der Waals surface area contributed by atoms with E-state index in [0.717, 1.165) is 12.3 Å². The molecule has 12 heavy (non-hydrogen) atoms. The van der Waals surface area contributed by atoms with Crippen molar-refractivity contribution in [3.63, 3.8) is 0 Å². The Kier molecular flexibility index (Phi) is 1.96. The van der Waals surface area contributed by atoms with Gasteiger partial charge in [0, 0.05) is 12.2 Å². The maximum Gasteiger partial charge on any atom is 0.137 e. The van der Waals surface area contributed by atoms with Crippen LogP contribution in [-0.2, 0) is 0 Å². The first-order valence-electron chi connectivity index (χ1n) is 4.12. The van der Waals surface area contributed by atoms with Gasteiger partial charge in [0.2, 0.25) is 0 Å². The monoisotopic (exact) mass is 164 g/mol. The topological polar surface area (TPSA) is 34.1 Å². The lowest BCUT2D eigenvalue weighted by atomic mass is 10.00. The van der Waals surface area contributed by atoms with Crippen LogP contribution < -0.4 is 10.1 Å². The fourth-order valence-corrected chi connectivity index (χ4v) is 1.31. The van der Waals surface area contributed by atoms with Gasteiger partial charge >= 0.3 is 0 Å². The second-order valence-electron chi connectivity index (χ2n) is 2.95. The van der Waals surface area contributed by atoms with Crippen LogP contribution in [0.5, 0.6) is 5.75 Å². The number of methoxy groups -OCH3 is 1. The first-order chi connectivity index (χ1) is 5.90. The van der Waals surface area contributed by atoms with Crippen LogP contribution in [0.4, 0.5) is 0 Å². The summed E-state index contributed by atoms with van der Waals surface area (Å²) in [4.78, 5) is 4.09. The molecule has 0 amide bonds. The van der Waals surface area contributed by atoms with Gasteiger partial charge in [-0.1, -0.05) is 0 Å². The highest BCUT2D eigenvalue weighted by Gasteiger charge is 2.18. The van der Waals surface area contributed by atoms with Gasteiger partial charge in [0.1, 0.15) is 5.75 Å². The van der Waals surface area contributed by atoms with Gasteiger partial charge in [0.25, 0.3) is 0 Å². The smallest absolute Gasteiger partial charge is 0.137 e. The van der Waals surface area contributed by atoms with Gasteiger partial charge in [-0.05, 0) is 24.6 Å². The van der Waals surface area contributed by atoms with Gasteiger partial charge < -0.3 is 10.1 Å². The highest BCUT2D eigenvalue weighted by molar-refractivity contribution is 5.26. The van der Waals surface area contributed by atoms with Crippen LogP contribution >= 0.6 is 0 Å². The van der Waals surface area contributed by atoms with Crippen LogP contribution in [0.25, 0.3) is 0 Å². The van der Waals surface area contributed by atoms with Gasteiger partial charge in [0.05, 0.1) is 13.3 Å². The second kappa shape index (κ2) is 3.11. The molecule has 0 aromatic carbocycles. The van der Waals surface area contributed by atoms with Gasteiger partial charge in [-0.25, -0.2) is 0 Å². The molecule has 3 nitrogen and oxygen atoms in total. The minimum Gasteiger partial charge on any atom is -0.495 e. The molecule has 3 heteroatoms. The summed E-state index contributed by atoms with van der Waals surface area (Å²) in [6.07, 6.45) is 4.82. The molecule has 1 atom stereocenters. The Morgan fingerprint density at radius 3 is 3.00 bits per heavy atom. The number of hydrogen-bond donors (Lipinski definition) is 1. The quantitative estimate of drug-likeness (QED) is 0.711. The Morgan fingerprint density at radius 2 is 2.42 bits per heavy atom. The van der Waals surface area contributed by atoms with E-state index >= 15 is 0 Å². The van der Waals surface area contributed by atoms with E-state index in [1.54, 1.807) is 13.3 Å². The maximum absolute atomic E-state index is 5.08. The molecule has 0 radical (unpaired) electrons. The van der Waals surface area contributed by atoms with Crippen molar-refractivity contribution in [1.82, 2.24) is 10.3 Å². The molecule has 1 aromatic rings. The molecule has 0 aliphatic carbocycles. The zero-order valence-corrected chi connectivity index (χ0v) is 7.08. The Balaban J connectivity index is 2.19. The molecular weight excluding hydrogens is 152 g/mol. The summed E-state index contributed by atoms with van der Waals surface area (Å²) in [7, 11) is 1.66. The van der Waals surface area contributed by atoms with Gasteiger partial charge in [-0.3, -0.25) is 4.98 Å². The Bertz CT molecular complexity index is 271. The van der Waals surface area contributed by atoms with Crippen molar-refractivity contribution >= 4 is 0 Å². The second-order valence-corrected chi connectivity index (χ2v) is 2.95. The van der Waals surface area contributed by atoms with Gasteiger partial charge in [-0.2, -0.15) is 0 Å². The summed E-state index contributed by atoms with van der Waals surface area (Å²) < 4.78 is 5.08. The summed E-state index contributed by atoms with van der Waals surface area (Å²) in [5.41, 5.74) is 1.22. The molecule has 0 bridgehead atoms. The molecule has 2 rings (SSSR count). The van der Waals surface area contributed by atoms with E-state index in [1.807, 2.05) is 12.3 Å². The van der Waals surface area contributed by atoms with E-state index in [2.05, 4.69) is 10.3 Å². The Morgan fingerprint density at radius 1 is 1.58 bits per heavy atom. The van der Waals surface area contributed by atoms with E-state index in [4.69, 9.17) is 4.74 Å². The number of pyridine rings is 1. The molecule has 2 heterocycles. The molecule has 1 fully saturated rings. The van der Waals surface area contributed by atoms with Crippen LogP contribution in [0.15, 0.2) is 18.5 Å². The molecule has 64 valence electrons. The first kappa shape index (κ1) is 7.55. The predicted molar refractivity (Wildman–Crippen MR) is 46.1 cm³/mol. The molecule has 0 saturated carbocycles. The number of nitrogens with one attached hydrogen (secondary N) is 1. The zero-order chi connectivity index (χ0) is 8.39. The number of nitrogens with zero attached hydrogens (tertiary/aromatic N) is 1. The normalized spacial score (nSPS) is 21.6. The third-order valence-corrected chi connectivity index (χ3v) is 2.20. The van der Waals surface area contributed by atoms with Crippen molar-refractivity contribution in [3.8, 4) is 5.75 Å². The summed E-state index contributed by atoms with van der Waals surface area (Å²) in [6, 6.07) is 2.52. The molecule has 1 N–H and O–H groups in total. The number of aromatic nitrogens is 1. The fraction of sp³-hybridized carbons (Fsp3) is 0.444. The standard InChI is InChI=1S/C9H12N2O/c1-12-8-4-7(5-10-6-8)9-2-3-11-9/h4-6,9,11H,2-3H2,1H3. The van der Waals surface area contributed by atoms with Crippen molar-refractivity contribution < 1.29 is 4.74 Å². The van der Waals surface area contributed by atoms with Crippen LogP contribution in [0.2, 0.25) is 0 Å². The average molecular weight is 164 g/mol. The molecule has 0 spiro atoms. The van der Waals surface area contributed by atoms with Crippen molar-refractivity contribution in [2.75, 3.05) is 13.7 Å². The summed E-state index contributed by atoms with van der Waals surface area (Å²) >= 11 is 0. The van der Waals surface area contributed by atoms with E-state index < -0.39 is 0 Å². The summed E-state index contributed by atoms with van der Waals surface area (Å²) in [5, 5.41) is 3.32. The van der Waals surface area contributed by atoms with Gasteiger partial charge in [-0.15, -0.1) is 0 Å². The molecular formula is C9H12N2O. The molecule has 1 unspecified atom stereocenters. The highest BCUT2D eigenvalue weighted by atomic mass is 16.5. The SMILES string of the molecule is COc1cncc(C2CCN2)c1. The van der Waals surface area contributed by atoms with E-state index in [1.165, 1.54) is 12.0 Å². The fourth-order valence-electron chi connectivity index (χ4n) is 1.31. The lowest BCUT2D eigenvalue weighted by molar-refractivity contribution is 0.376. The molecule has 1 saturated heterocycles. The molecule has 1 aromatic heterocycles. The van der Waals surface area contributed by atoms with Crippen LogP contribution in [0.1, 0.15) is 18.0 Å². The maximum atomic E-state index is 5.08. The summed E-state index contributed by atoms with van der Waals surface area (Å²) in [5.74, 6) is 0.834. The number of hydrogen-bond acceptors (Lipinski definition) is 3. The predicted octanol–water partition coefficient (Wildman–Crippen LogP) is 1.12. The first-order valence-corrected chi connectivity index (χ1v) is 4.12. The highest BCUT2D eigenvalue weighted by Crippen LogP contribution is 2.24. The van der Waals surface area contributed by atoms with E-state index in [-0.39, 0.29) is 0 Å². The van der Waals surface area contributed by atoms with Crippen LogP contribution in [-0.4, -0.2) is 18.6 Å². The van der Waals surface area contributed by atoms with Crippen molar-refractivity contribution in [3.05, 3.63) is 24.0 Å². The number of ether oxygens (including phenoxy) is 1. The minimum absolute atomic E-state index is 0.493. The average Bonchev–Trinajstić information content (AvgIpc) is 2.02. The Labute approximate surface area is 71.8 Å². The minimum atomic E-state index is 0.493. The molecule has 1 aliphatic heterocycles. The zero-order valence-electron chi connectivity index (χ0n) is 7.08.